The highest BCUT2D eigenvalue weighted by Crippen LogP contribution is 2.18. The summed E-state index contributed by atoms with van der Waals surface area (Å²) in [5.74, 6) is 0.294. The Kier molecular flexibility index (Phi) is 6.00. The second kappa shape index (κ2) is 9.03. The molecule has 0 atom stereocenters. The van der Waals surface area contributed by atoms with Gasteiger partial charge in [-0.2, -0.15) is 4.98 Å². The van der Waals surface area contributed by atoms with Crippen LogP contribution in [0.5, 0.6) is 0 Å². The molecule has 2 N–H and O–H groups in total. The number of amides is 1. The predicted molar refractivity (Wildman–Crippen MR) is 119 cm³/mol. The van der Waals surface area contributed by atoms with Crippen LogP contribution in [0.3, 0.4) is 0 Å². The zero-order valence-corrected chi connectivity index (χ0v) is 18.0. The van der Waals surface area contributed by atoms with Crippen LogP contribution in [0.1, 0.15) is 21.8 Å². The first-order chi connectivity index (χ1) is 15.4. The molecule has 0 radical (unpaired) electrons. The van der Waals surface area contributed by atoms with Crippen LogP contribution < -0.4 is 10.0 Å². The van der Waals surface area contributed by atoms with Crippen LogP contribution in [0.4, 0.5) is 5.69 Å². The molecule has 0 saturated carbocycles. The van der Waals surface area contributed by atoms with E-state index in [4.69, 9.17) is 4.52 Å². The minimum absolute atomic E-state index is 0.0394. The summed E-state index contributed by atoms with van der Waals surface area (Å²) in [5.41, 5.74) is 2.51. The van der Waals surface area contributed by atoms with Crippen molar-refractivity contribution in [1.82, 2.24) is 15.5 Å². The van der Waals surface area contributed by atoms with E-state index in [-0.39, 0.29) is 28.6 Å². The average Bonchev–Trinajstić information content (AvgIpc) is 3.27. The third-order valence-corrected chi connectivity index (χ3v) is 6.01. The molecular weight excluding hydrogens is 428 g/mol. The number of aromatic nitrogens is 2. The van der Waals surface area contributed by atoms with E-state index < -0.39 is 15.9 Å². The Bertz CT molecular complexity index is 1330. The van der Waals surface area contributed by atoms with Crippen molar-refractivity contribution in [3.05, 3.63) is 95.9 Å². The summed E-state index contributed by atoms with van der Waals surface area (Å²) in [6.45, 7) is 2.03. The third-order valence-electron chi connectivity index (χ3n) is 4.61. The third kappa shape index (κ3) is 5.01. The molecule has 4 rings (SSSR count). The topological polar surface area (TPSA) is 114 Å². The number of benzene rings is 3. The van der Waals surface area contributed by atoms with Crippen molar-refractivity contribution in [3.8, 4) is 11.4 Å². The first-order valence-electron chi connectivity index (χ1n) is 9.76. The molecule has 4 aromatic rings. The molecule has 0 spiro atoms. The van der Waals surface area contributed by atoms with Gasteiger partial charge in [-0.25, -0.2) is 8.42 Å². The van der Waals surface area contributed by atoms with E-state index in [1.54, 1.807) is 36.4 Å². The number of nitrogens with one attached hydrogen (secondary N) is 2. The Balaban J connectivity index is 1.41. The van der Waals surface area contributed by atoms with Gasteiger partial charge in [0.1, 0.15) is 0 Å². The van der Waals surface area contributed by atoms with Gasteiger partial charge in [0.2, 0.25) is 11.7 Å². The van der Waals surface area contributed by atoms with Gasteiger partial charge in [-0.3, -0.25) is 9.52 Å². The van der Waals surface area contributed by atoms with Gasteiger partial charge in [-0.15, -0.1) is 0 Å². The number of anilines is 1. The summed E-state index contributed by atoms with van der Waals surface area (Å²) in [6.07, 6.45) is 0. The van der Waals surface area contributed by atoms with Crippen LogP contribution in [0.25, 0.3) is 11.4 Å². The number of rotatable bonds is 7. The normalized spacial score (nSPS) is 11.2. The Hall–Kier alpha value is -3.98. The number of nitrogens with zero attached hydrogens (tertiary/aromatic N) is 2. The van der Waals surface area contributed by atoms with Crippen molar-refractivity contribution in [2.24, 2.45) is 0 Å². The van der Waals surface area contributed by atoms with Crippen molar-refractivity contribution >= 4 is 21.6 Å². The maximum Gasteiger partial charge on any atom is 0.261 e. The summed E-state index contributed by atoms with van der Waals surface area (Å²) in [7, 11) is -3.75. The number of carbonyl (C=O) groups is 1. The molecule has 8 nitrogen and oxygen atoms in total. The molecule has 0 aliphatic heterocycles. The lowest BCUT2D eigenvalue weighted by molar-refractivity contribution is 0.0946. The van der Waals surface area contributed by atoms with Gasteiger partial charge < -0.3 is 9.84 Å². The molecule has 0 bridgehead atoms. The quantitative estimate of drug-likeness (QED) is 0.445. The van der Waals surface area contributed by atoms with Gasteiger partial charge in [0, 0.05) is 16.8 Å². The van der Waals surface area contributed by atoms with Crippen molar-refractivity contribution in [2.45, 2.75) is 18.4 Å². The number of aryl methyl sites for hydroxylation is 1. The molecule has 1 heterocycles. The van der Waals surface area contributed by atoms with Gasteiger partial charge in [0.15, 0.2) is 0 Å². The minimum Gasteiger partial charge on any atom is -0.343 e. The zero-order chi connectivity index (χ0) is 22.6. The van der Waals surface area contributed by atoms with Crippen LogP contribution in [-0.2, 0) is 16.6 Å². The molecule has 0 aliphatic rings. The highest BCUT2D eigenvalue weighted by molar-refractivity contribution is 7.92. The molecule has 1 aromatic heterocycles. The Labute approximate surface area is 185 Å². The molecule has 0 unspecified atom stereocenters. The lowest BCUT2D eigenvalue weighted by Crippen LogP contribution is -2.23. The van der Waals surface area contributed by atoms with E-state index in [2.05, 4.69) is 20.2 Å². The van der Waals surface area contributed by atoms with E-state index in [9.17, 15) is 13.2 Å². The smallest absolute Gasteiger partial charge is 0.261 e. The molecule has 9 heteroatoms. The van der Waals surface area contributed by atoms with Gasteiger partial charge in [0.25, 0.3) is 15.9 Å². The van der Waals surface area contributed by atoms with E-state index in [0.29, 0.717) is 5.82 Å². The van der Waals surface area contributed by atoms with Crippen LogP contribution >= 0.6 is 0 Å². The lowest BCUT2D eigenvalue weighted by atomic mass is 10.1. The summed E-state index contributed by atoms with van der Waals surface area (Å²) < 4.78 is 32.7. The van der Waals surface area contributed by atoms with Gasteiger partial charge in [-0.1, -0.05) is 59.3 Å². The first kappa shape index (κ1) is 21.3. The van der Waals surface area contributed by atoms with E-state index in [1.807, 2.05) is 31.2 Å². The van der Waals surface area contributed by atoms with Crippen molar-refractivity contribution in [2.75, 3.05) is 4.72 Å². The maximum absolute atomic E-state index is 12.5. The van der Waals surface area contributed by atoms with Crippen molar-refractivity contribution in [3.63, 3.8) is 0 Å². The second-order valence-electron chi connectivity index (χ2n) is 7.06. The molecule has 0 aliphatic carbocycles. The van der Waals surface area contributed by atoms with E-state index in [0.717, 1.165) is 11.1 Å². The van der Waals surface area contributed by atoms with Gasteiger partial charge in [0.05, 0.1) is 11.4 Å². The summed E-state index contributed by atoms with van der Waals surface area (Å²) in [5, 5.41) is 6.63. The average molecular weight is 449 g/mol. The standard InChI is InChI=1S/C23H20N4O4S/c1-16-10-12-17(13-11-16)22-25-21(31-26-22)15-24-23(28)18-6-5-7-19(14-18)27-32(29,30)20-8-3-2-4-9-20/h2-14,27H,15H2,1H3,(H,24,28). The summed E-state index contributed by atoms with van der Waals surface area (Å²) in [6, 6.07) is 21.9. The number of hydrogen-bond acceptors (Lipinski definition) is 6. The summed E-state index contributed by atoms with van der Waals surface area (Å²) in [4.78, 5) is 17.0. The van der Waals surface area contributed by atoms with Crippen molar-refractivity contribution < 1.29 is 17.7 Å². The molecule has 1 amide bonds. The maximum atomic E-state index is 12.5. The van der Waals surface area contributed by atoms with Crippen LogP contribution in [-0.4, -0.2) is 24.5 Å². The lowest BCUT2D eigenvalue weighted by Gasteiger charge is -2.09. The predicted octanol–water partition coefficient (Wildman–Crippen LogP) is 3.78. The fraction of sp³-hybridized carbons (Fsp3) is 0.0870. The largest absolute Gasteiger partial charge is 0.343 e. The van der Waals surface area contributed by atoms with Crippen LogP contribution in [0.15, 0.2) is 88.3 Å². The van der Waals surface area contributed by atoms with Crippen molar-refractivity contribution in [1.29, 1.82) is 0 Å². The highest BCUT2D eigenvalue weighted by atomic mass is 32.2. The highest BCUT2D eigenvalue weighted by Gasteiger charge is 2.15. The monoisotopic (exact) mass is 448 g/mol. The molecule has 162 valence electrons. The molecule has 32 heavy (non-hydrogen) atoms. The minimum atomic E-state index is -3.75. The second-order valence-corrected chi connectivity index (χ2v) is 8.74. The van der Waals surface area contributed by atoms with Crippen LogP contribution in [0.2, 0.25) is 0 Å². The molecular formula is C23H20N4O4S. The van der Waals surface area contributed by atoms with E-state index in [1.165, 1.54) is 18.2 Å². The fourth-order valence-electron chi connectivity index (χ4n) is 2.94. The molecule has 3 aromatic carbocycles. The first-order valence-corrected chi connectivity index (χ1v) is 11.2. The number of carbonyl (C=O) groups excluding carboxylic acids is 1. The van der Waals surface area contributed by atoms with Crippen LogP contribution in [0, 0.1) is 6.92 Å². The number of sulfonamides is 1. The Morgan fingerprint density at radius 3 is 2.47 bits per heavy atom. The zero-order valence-electron chi connectivity index (χ0n) is 17.1. The Morgan fingerprint density at radius 1 is 0.969 bits per heavy atom. The molecule has 0 saturated heterocycles. The SMILES string of the molecule is Cc1ccc(-c2noc(CNC(=O)c3cccc(NS(=O)(=O)c4ccccc4)c3)n2)cc1. The van der Waals surface area contributed by atoms with Gasteiger partial charge >= 0.3 is 0 Å². The Morgan fingerprint density at radius 2 is 1.72 bits per heavy atom. The fourth-order valence-corrected chi connectivity index (χ4v) is 4.01. The number of hydrogen-bond donors (Lipinski definition) is 2. The molecule has 0 fully saturated rings. The van der Waals surface area contributed by atoms with Gasteiger partial charge in [-0.05, 0) is 37.3 Å². The van der Waals surface area contributed by atoms with E-state index >= 15 is 0 Å². The summed E-state index contributed by atoms with van der Waals surface area (Å²) >= 11 is 0.